The number of pyridine rings is 2. The zero-order valence-corrected chi connectivity index (χ0v) is 30.9. The van der Waals surface area contributed by atoms with Crippen LogP contribution in [0.5, 0.6) is 0 Å². The van der Waals surface area contributed by atoms with E-state index in [-0.39, 0.29) is 11.8 Å². The fourth-order valence-corrected chi connectivity index (χ4v) is 8.89. The molecule has 4 fully saturated rings. The van der Waals surface area contributed by atoms with Gasteiger partial charge >= 0.3 is 0 Å². The molecule has 2 aliphatic carbocycles. The molecule has 4 aliphatic rings. The summed E-state index contributed by atoms with van der Waals surface area (Å²) >= 11 is 12.6. The number of rotatable bonds is 12. The van der Waals surface area contributed by atoms with Crippen LogP contribution < -0.4 is 22.1 Å². The lowest BCUT2D eigenvalue weighted by atomic mass is 9.79. The normalized spacial score (nSPS) is 26.3. The molecule has 0 radical (unpaired) electrons. The van der Waals surface area contributed by atoms with Crippen LogP contribution in [0.1, 0.15) is 113 Å². The number of carbonyl (C=O) groups is 2. The molecule has 50 heavy (non-hydrogen) atoms. The Bertz CT molecular complexity index is 1270. The maximum atomic E-state index is 11.9. The Hall–Kier alpha value is -2.34. The number of nitrogens with one attached hydrogen (secondary N) is 2. The Morgan fingerprint density at radius 3 is 1.34 bits per heavy atom. The first-order valence-electron chi connectivity index (χ1n) is 18.7. The van der Waals surface area contributed by atoms with Gasteiger partial charge in [0.25, 0.3) is 0 Å². The van der Waals surface area contributed by atoms with Crippen LogP contribution in [0.4, 0.5) is 0 Å². The molecule has 2 amide bonds. The van der Waals surface area contributed by atoms with Gasteiger partial charge in [0, 0.05) is 50.7 Å². The number of amides is 2. The lowest BCUT2D eigenvalue weighted by Gasteiger charge is -2.36. The van der Waals surface area contributed by atoms with Crippen molar-refractivity contribution in [3.8, 4) is 0 Å². The number of nitrogens with zero attached hydrogens (tertiary/aromatic N) is 2. The van der Waals surface area contributed by atoms with E-state index in [0.29, 0.717) is 75.8 Å². The first-order valence-corrected chi connectivity index (χ1v) is 19.4. The Kier molecular flexibility index (Phi) is 14.7. The molecular weight excluding hydrogens is 675 g/mol. The minimum absolute atomic E-state index is 0.246. The molecule has 4 heterocycles. The smallest absolute Gasteiger partial charge is 0.237 e. The standard InChI is InChI=1S/2C19H28ClN3O2/c2*20-16-2-1-10-22-17(16)15-5-3-14(4-6-15)7-11-23-19(18(21)24)8-12-25-13-9-19/h2*1-2,10,14-15,23H,3-9,11-13H2,(H2,21,24). The van der Waals surface area contributed by atoms with Crippen LogP contribution in [0, 0.1) is 11.8 Å². The maximum absolute atomic E-state index is 11.9. The maximum Gasteiger partial charge on any atom is 0.237 e. The minimum Gasteiger partial charge on any atom is -0.381 e. The van der Waals surface area contributed by atoms with E-state index in [0.717, 1.165) is 73.0 Å². The van der Waals surface area contributed by atoms with E-state index in [1.165, 1.54) is 25.7 Å². The molecule has 0 atom stereocenters. The van der Waals surface area contributed by atoms with Crippen molar-refractivity contribution in [2.75, 3.05) is 39.5 Å². The molecule has 2 saturated carbocycles. The van der Waals surface area contributed by atoms with E-state index in [9.17, 15) is 9.59 Å². The first-order chi connectivity index (χ1) is 24.2. The molecule has 6 N–H and O–H groups in total. The van der Waals surface area contributed by atoms with Gasteiger partial charge in [0.1, 0.15) is 11.1 Å². The van der Waals surface area contributed by atoms with E-state index in [1.54, 1.807) is 0 Å². The number of hydrogen-bond donors (Lipinski definition) is 4. The third kappa shape index (κ3) is 10.4. The third-order valence-corrected chi connectivity index (χ3v) is 12.3. The zero-order chi connectivity index (χ0) is 35.4. The van der Waals surface area contributed by atoms with Gasteiger partial charge in [-0.2, -0.15) is 0 Å². The monoisotopic (exact) mass is 730 g/mol. The van der Waals surface area contributed by atoms with Crippen molar-refractivity contribution in [1.29, 1.82) is 0 Å². The predicted octanol–water partition coefficient (Wildman–Crippen LogP) is 6.05. The number of halogens is 2. The summed E-state index contributed by atoms with van der Waals surface area (Å²) in [7, 11) is 0. The molecule has 2 saturated heterocycles. The lowest BCUT2D eigenvalue weighted by Crippen LogP contribution is -2.58. The van der Waals surface area contributed by atoms with Crippen LogP contribution in [-0.4, -0.2) is 72.4 Å². The van der Waals surface area contributed by atoms with Gasteiger partial charge in [-0.15, -0.1) is 0 Å². The van der Waals surface area contributed by atoms with Crippen LogP contribution >= 0.6 is 23.2 Å². The fraction of sp³-hybridized carbons (Fsp3) is 0.684. The highest BCUT2D eigenvalue weighted by Crippen LogP contribution is 2.40. The summed E-state index contributed by atoms with van der Waals surface area (Å²) < 4.78 is 10.7. The highest BCUT2D eigenvalue weighted by Gasteiger charge is 2.39. The van der Waals surface area contributed by atoms with Crippen molar-refractivity contribution < 1.29 is 19.1 Å². The van der Waals surface area contributed by atoms with E-state index >= 15 is 0 Å². The number of hydrogen-bond acceptors (Lipinski definition) is 8. The molecule has 0 aromatic carbocycles. The molecule has 2 aromatic rings. The SMILES string of the molecule is NC(=O)C1(NCCC2CCC(c3ncccc3Cl)CC2)CCOCC1.NC(=O)C1(NCCC2CCC(c3ncccc3Cl)CC2)CCOCC1. The Balaban J connectivity index is 0.000000194. The fourth-order valence-electron chi connectivity index (χ4n) is 8.34. The Morgan fingerprint density at radius 1 is 0.660 bits per heavy atom. The van der Waals surface area contributed by atoms with Gasteiger partial charge in [-0.1, -0.05) is 23.2 Å². The van der Waals surface area contributed by atoms with Gasteiger partial charge < -0.3 is 31.6 Å². The molecule has 276 valence electrons. The van der Waals surface area contributed by atoms with Crippen LogP contribution in [0.25, 0.3) is 0 Å². The molecular formula is C38H56Cl2N6O4. The van der Waals surface area contributed by atoms with Crippen molar-refractivity contribution in [1.82, 2.24) is 20.6 Å². The number of nitrogens with two attached hydrogens (primary N) is 2. The van der Waals surface area contributed by atoms with Crippen LogP contribution in [0.2, 0.25) is 10.0 Å². The molecule has 6 rings (SSSR count). The molecule has 0 bridgehead atoms. The zero-order valence-electron chi connectivity index (χ0n) is 29.4. The predicted molar refractivity (Wildman–Crippen MR) is 197 cm³/mol. The van der Waals surface area contributed by atoms with Crippen LogP contribution in [-0.2, 0) is 19.1 Å². The minimum atomic E-state index is -0.572. The lowest BCUT2D eigenvalue weighted by molar-refractivity contribution is -0.129. The number of aromatic nitrogens is 2. The number of carbonyl (C=O) groups excluding carboxylic acids is 2. The summed E-state index contributed by atoms with van der Waals surface area (Å²) in [5.74, 6) is 1.84. The van der Waals surface area contributed by atoms with E-state index in [2.05, 4.69) is 20.6 Å². The van der Waals surface area contributed by atoms with Gasteiger partial charge in [0.15, 0.2) is 0 Å². The van der Waals surface area contributed by atoms with Crippen molar-refractivity contribution in [3.05, 3.63) is 58.1 Å². The third-order valence-electron chi connectivity index (χ3n) is 11.7. The molecule has 10 nitrogen and oxygen atoms in total. The van der Waals surface area contributed by atoms with Crippen molar-refractivity contribution in [3.63, 3.8) is 0 Å². The summed E-state index contributed by atoms with van der Waals surface area (Å²) in [5.41, 5.74) is 12.2. The number of ether oxygens (including phenoxy) is 2. The second-order valence-electron chi connectivity index (χ2n) is 14.7. The van der Waals surface area contributed by atoms with Crippen LogP contribution in [0.15, 0.2) is 36.7 Å². The van der Waals surface area contributed by atoms with Gasteiger partial charge in [-0.25, -0.2) is 0 Å². The average Bonchev–Trinajstić information content (AvgIpc) is 3.14. The summed E-state index contributed by atoms with van der Waals surface area (Å²) in [4.78, 5) is 32.7. The van der Waals surface area contributed by atoms with E-state index in [1.807, 2.05) is 36.7 Å². The summed E-state index contributed by atoms with van der Waals surface area (Å²) in [6, 6.07) is 7.62. The van der Waals surface area contributed by atoms with E-state index < -0.39 is 11.1 Å². The molecule has 0 unspecified atom stereocenters. The quantitative estimate of drug-likeness (QED) is 0.206. The highest BCUT2D eigenvalue weighted by molar-refractivity contribution is 6.31. The van der Waals surface area contributed by atoms with Gasteiger partial charge in [0.2, 0.25) is 11.8 Å². The van der Waals surface area contributed by atoms with Gasteiger partial charge in [0.05, 0.1) is 21.4 Å². The summed E-state index contributed by atoms with van der Waals surface area (Å²) in [6.45, 7) is 4.08. The number of primary amides is 2. The van der Waals surface area contributed by atoms with Crippen molar-refractivity contribution in [2.24, 2.45) is 23.3 Å². The molecule has 0 spiro atoms. The average molecular weight is 732 g/mol. The molecule has 12 heteroatoms. The van der Waals surface area contributed by atoms with Gasteiger partial charge in [-0.3, -0.25) is 19.6 Å². The second-order valence-corrected chi connectivity index (χ2v) is 15.5. The van der Waals surface area contributed by atoms with Crippen LogP contribution in [0.3, 0.4) is 0 Å². The molecule has 2 aromatic heterocycles. The second kappa shape index (κ2) is 18.9. The Morgan fingerprint density at radius 2 is 1.02 bits per heavy atom. The van der Waals surface area contributed by atoms with Gasteiger partial charge in [-0.05, 0) is 139 Å². The van der Waals surface area contributed by atoms with Crippen molar-refractivity contribution in [2.45, 2.75) is 113 Å². The largest absolute Gasteiger partial charge is 0.381 e. The van der Waals surface area contributed by atoms with E-state index in [4.69, 9.17) is 44.1 Å². The first kappa shape index (κ1) is 38.9. The highest BCUT2D eigenvalue weighted by atomic mass is 35.5. The van der Waals surface area contributed by atoms with Crippen molar-refractivity contribution >= 4 is 35.0 Å². The summed E-state index contributed by atoms with van der Waals surface area (Å²) in [6.07, 6.45) is 17.8. The summed E-state index contributed by atoms with van der Waals surface area (Å²) in [5, 5.41) is 8.47. The topological polar surface area (TPSA) is 154 Å². The Labute approximate surface area is 307 Å². The molecule has 2 aliphatic heterocycles.